The Labute approximate surface area is 188 Å². The van der Waals surface area contributed by atoms with E-state index < -0.39 is 12.0 Å². The number of hydrogen-bond acceptors (Lipinski definition) is 6. The van der Waals surface area contributed by atoms with Crippen molar-refractivity contribution in [2.75, 3.05) is 22.9 Å². The second-order valence-electron chi connectivity index (χ2n) is 7.44. The summed E-state index contributed by atoms with van der Waals surface area (Å²) in [6.07, 6.45) is 0.114. The smallest absolute Gasteiger partial charge is 0.320 e. The number of aliphatic carboxylic acids is 1. The van der Waals surface area contributed by atoms with E-state index in [1.807, 2.05) is 0 Å². The van der Waals surface area contributed by atoms with Gasteiger partial charge in [-0.05, 0) is 62.2 Å². The summed E-state index contributed by atoms with van der Waals surface area (Å²) in [7, 11) is 0. The molecule has 1 heterocycles. The first-order valence-electron chi connectivity index (χ1n) is 10.6. The topological polar surface area (TPSA) is 110 Å². The number of carbonyl (C=O) groups is 1. The van der Waals surface area contributed by atoms with Gasteiger partial charge in [0.1, 0.15) is 6.04 Å². The van der Waals surface area contributed by atoms with Crippen molar-refractivity contribution in [3.63, 3.8) is 0 Å². The number of phenolic OH excluding ortho intramolecular Hbond substituents is 2. The minimum Gasteiger partial charge on any atom is -0.504 e. The van der Waals surface area contributed by atoms with Crippen LogP contribution in [0.3, 0.4) is 0 Å². The zero-order chi connectivity index (χ0) is 23.3. The van der Waals surface area contributed by atoms with Gasteiger partial charge in [-0.25, -0.2) is 0 Å². The molecular weight excluding hydrogens is 406 g/mol. The molecule has 0 radical (unpaired) electrons. The van der Waals surface area contributed by atoms with Crippen LogP contribution in [-0.2, 0) is 11.2 Å². The largest absolute Gasteiger partial charge is 0.504 e. The van der Waals surface area contributed by atoms with Crippen LogP contribution in [0, 0.1) is 0 Å². The van der Waals surface area contributed by atoms with Crippen LogP contribution in [0.4, 0.5) is 22.7 Å². The molecule has 1 aliphatic rings. The molecule has 0 bridgehead atoms. The molecule has 0 fully saturated rings. The molecule has 7 heteroatoms. The third-order valence-electron chi connectivity index (χ3n) is 5.37. The molecule has 1 atom stereocenters. The summed E-state index contributed by atoms with van der Waals surface area (Å²) in [5.74, 6) is -1.62. The van der Waals surface area contributed by atoms with Gasteiger partial charge in [-0.1, -0.05) is 30.3 Å². The number of fused-ring (bicyclic) bond motifs is 2. The fourth-order valence-electron chi connectivity index (χ4n) is 3.82. The third kappa shape index (κ3) is 4.78. The zero-order valence-electron chi connectivity index (χ0n) is 18.3. The number of carboxylic acid groups (broad SMARTS) is 1. The summed E-state index contributed by atoms with van der Waals surface area (Å²) in [4.78, 5) is 15.2. The highest BCUT2D eigenvalue weighted by Crippen LogP contribution is 2.47. The van der Waals surface area contributed by atoms with E-state index in [-0.39, 0.29) is 17.9 Å². The van der Waals surface area contributed by atoms with E-state index in [9.17, 15) is 4.79 Å². The van der Waals surface area contributed by atoms with Crippen LogP contribution in [-0.4, -0.2) is 40.4 Å². The van der Waals surface area contributed by atoms with Gasteiger partial charge in [0.15, 0.2) is 11.5 Å². The molecule has 168 valence electrons. The quantitative estimate of drug-likeness (QED) is 0.441. The number of benzene rings is 3. The van der Waals surface area contributed by atoms with Crippen LogP contribution >= 0.6 is 0 Å². The average Bonchev–Trinajstić information content (AvgIpc) is 2.80. The monoisotopic (exact) mass is 435 g/mol. The molecule has 0 aliphatic carbocycles. The normalized spacial score (nSPS) is 12.8. The van der Waals surface area contributed by atoms with Gasteiger partial charge >= 0.3 is 5.97 Å². The highest BCUT2D eigenvalue weighted by molar-refractivity contribution is 5.92. The van der Waals surface area contributed by atoms with Crippen molar-refractivity contribution < 1.29 is 20.1 Å². The van der Waals surface area contributed by atoms with Gasteiger partial charge in [-0.2, -0.15) is 0 Å². The summed E-state index contributed by atoms with van der Waals surface area (Å²) in [5, 5.41) is 26.6. The van der Waals surface area contributed by atoms with E-state index in [0.29, 0.717) is 5.56 Å². The van der Waals surface area contributed by atoms with Crippen LogP contribution < -0.4 is 15.5 Å². The number of carboxylic acids is 1. The zero-order valence-corrected chi connectivity index (χ0v) is 18.3. The molecule has 5 N–H and O–H groups in total. The highest BCUT2D eigenvalue weighted by atomic mass is 16.4. The fourth-order valence-corrected chi connectivity index (χ4v) is 3.82. The van der Waals surface area contributed by atoms with Crippen molar-refractivity contribution in [1.82, 2.24) is 0 Å². The Morgan fingerprint density at radius 1 is 0.812 bits per heavy atom. The Morgan fingerprint density at radius 2 is 1.25 bits per heavy atom. The standard InChI is InChI=1S/C16H18N2.C9H11NO4/c1-3-17-13-9-5-7-11-15(13)18(4-2)16-12-8-6-10-14(16)17;10-6(9(13)14)3-5-1-2-7(11)8(12)4-5/h5-12H,3-4H2,1-2H3;1-2,4,6,11-12H,3,10H2,(H,13,14)/t;6-/m.0/s1. The van der Waals surface area contributed by atoms with Crippen molar-refractivity contribution in [2.24, 2.45) is 5.73 Å². The molecule has 1 aliphatic heterocycles. The highest BCUT2D eigenvalue weighted by Gasteiger charge is 2.25. The van der Waals surface area contributed by atoms with Gasteiger partial charge in [0.2, 0.25) is 0 Å². The van der Waals surface area contributed by atoms with Crippen molar-refractivity contribution in [1.29, 1.82) is 0 Å². The Bertz CT molecular complexity index is 989. The van der Waals surface area contributed by atoms with Crippen molar-refractivity contribution in [3.8, 4) is 11.5 Å². The Morgan fingerprint density at radius 3 is 1.59 bits per heavy atom. The second-order valence-corrected chi connectivity index (χ2v) is 7.44. The SMILES string of the molecule is CCN1c2ccccc2N(CC)c2ccccc21.N[C@@H](Cc1ccc(O)c(O)c1)C(=O)O. The maximum Gasteiger partial charge on any atom is 0.320 e. The number of nitrogens with zero attached hydrogens (tertiary/aromatic N) is 2. The molecule has 0 aromatic heterocycles. The van der Waals surface area contributed by atoms with Crippen molar-refractivity contribution in [2.45, 2.75) is 26.3 Å². The van der Waals surface area contributed by atoms with E-state index in [2.05, 4.69) is 72.2 Å². The minimum absolute atomic E-state index is 0.114. The first-order valence-corrected chi connectivity index (χ1v) is 10.6. The summed E-state index contributed by atoms with van der Waals surface area (Å²) < 4.78 is 0. The summed E-state index contributed by atoms with van der Waals surface area (Å²) in [5.41, 5.74) is 11.1. The van der Waals surface area contributed by atoms with Crippen LogP contribution in [0.25, 0.3) is 0 Å². The van der Waals surface area contributed by atoms with E-state index in [1.54, 1.807) is 0 Å². The van der Waals surface area contributed by atoms with Crippen molar-refractivity contribution in [3.05, 3.63) is 72.3 Å². The lowest BCUT2D eigenvalue weighted by Gasteiger charge is -2.39. The predicted octanol–water partition coefficient (Wildman–Crippen LogP) is 4.37. The summed E-state index contributed by atoms with van der Waals surface area (Å²) in [6, 6.07) is 20.4. The van der Waals surface area contributed by atoms with E-state index >= 15 is 0 Å². The molecule has 3 aromatic carbocycles. The molecular formula is C25H29N3O4. The van der Waals surface area contributed by atoms with E-state index in [4.69, 9.17) is 21.1 Å². The first kappa shape index (κ1) is 23.0. The third-order valence-corrected chi connectivity index (χ3v) is 5.37. The lowest BCUT2D eigenvalue weighted by atomic mass is 10.1. The van der Waals surface area contributed by atoms with Gasteiger partial charge in [0.05, 0.1) is 22.7 Å². The molecule has 0 unspecified atom stereocenters. The summed E-state index contributed by atoms with van der Waals surface area (Å²) in [6.45, 7) is 6.39. The molecule has 0 saturated carbocycles. The van der Waals surface area contributed by atoms with Gasteiger partial charge in [-0.3, -0.25) is 4.79 Å². The van der Waals surface area contributed by atoms with Gasteiger partial charge in [0, 0.05) is 13.1 Å². The lowest BCUT2D eigenvalue weighted by Crippen LogP contribution is -2.32. The second kappa shape index (κ2) is 10.1. The maximum atomic E-state index is 10.4. The number of hydrogen-bond donors (Lipinski definition) is 4. The Hall–Kier alpha value is -3.71. The van der Waals surface area contributed by atoms with E-state index in [0.717, 1.165) is 13.1 Å². The minimum atomic E-state index is -1.10. The first-order chi connectivity index (χ1) is 15.4. The molecule has 0 saturated heterocycles. The Balaban J connectivity index is 0.000000188. The summed E-state index contributed by atoms with van der Waals surface area (Å²) >= 11 is 0. The molecule has 0 spiro atoms. The van der Waals surface area contributed by atoms with Crippen LogP contribution in [0.5, 0.6) is 11.5 Å². The number of aromatic hydroxyl groups is 2. The number of phenols is 2. The lowest BCUT2D eigenvalue weighted by molar-refractivity contribution is -0.138. The van der Waals surface area contributed by atoms with Crippen molar-refractivity contribution >= 4 is 28.7 Å². The van der Waals surface area contributed by atoms with Crippen LogP contribution in [0.2, 0.25) is 0 Å². The van der Waals surface area contributed by atoms with Gasteiger partial charge in [0.25, 0.3) is 0 Å². The van der Waals surface area contributed by atoms with Gasteiger partial charge in [-0.15, -0.1) is 0 Å². The number of para-hydroxylation sites is 4. The number of anilines is 4. The maximum absolute atomic E-state index is 10.4. The Kier molecular flexibility index (Phi) is 7.22. The molecule has 7 nitrogen and oxygen atoms in total. The van der Waals surface area contributed by atoms with Crippen LogP contribution in [0.15, 0.2) is 66.7 Å². The average molecular weight is 436 g/mol. The fraction of sp³-hybridized carbons (Fsp3) is 0.240. The number of rotatable bonds is 5. The van der Waals surface area contributed by atoms with Gasteiger partial charge < -0.3 is 30.9 Å². The molecule has 4 rings (SSSR count). The van der Waals surface area contributed by atoms with Crippen LogP contribution in [0.1, 0.15) is 19.4 Å². The number of nitrogens with two attached hydrogens (primary N) is 1. The molecule has 0 amide bonds. The predicted molar refractivity (Wildman–Crippen MR) is 127 cm³/mol. The molecule has 32 heavy (non-hydrogen) atoms. The van der Waals surface area contributed by atoms with E-state index in [1.165, 1.54) is 40.9 Å². The molecule has 3 aromatic rings.